The fraction of sp³-hybridized carbons (Fsp3) is 0.600. The van der Waals surface area contributed by atoms with Crippen molar-refractivity contribution >= 4 is 17.7 Å². The molecule has 1 atom stereocenters. The van der Waals surface area contributed by atoms with Gasteiger partial charge in [-0.15, -0.1) is 0 Å². The molecule has 0 aliphatic heterocycles. The fourth-order valence-corrected chi connectivity index (χ4v) is 2.81. The summed E-state index contributed by atoms with van der Waals surface area (Å²) in [6.45, 7) is 7.77. The zero-order chi connectivity index (χ0) is 21.3. The van der Waals surface area contributed by atoms with Crippen molar-refractivity contribution in [1.29, 1.82) is 0 Å². The van der Waals surface area contributed by atoms with Crippen LogP contribution in [0.3, 0.4) is 0 Å². The largest absolute Gasteiger partial charge is 0.481 e. The molecule has 8 nitrogen and oxygen atoms in total. The number of aliphatic hydroxyl groups is 2. The van der Waals surface area contributed by atoms with Crippen LogP contribution in [0.4, 0.5) is 10.5 Å². The fourth-order valence-electron chi connectivity index (χ4n) is 2.81. The summed E-state index contributed by atoms with van der Waals surface area (Å²) in [5.74, 6) is -1.02. The van der Waals surface area contributed by atoms with E-state index in [1.807, 2.05) is 30.0 Å². The summed E-state index contributed by atoms with van der Waals surface area (Å²) in [7, 11) is 0. The molecule has 1 amide bonds. The van der Waals surface area contributed by atoms with Gasteiger partial charge in [-0.05, 0) is 57.4 Å². The number of carbonyl (C=O) groups is 2. The van der Waals surface area contributed by atoms with Gasteiger partial charge in [0.25, 0.3) is 0 Å². The predicted molar refractivity (Wildman–Crippen MR) is 107 cm³/mol. The number of aliphatic carboxylic acids is 1. The van der Waals surface area contributed by atoms with Gasteiger partial charge < -0.3 is 30.3 Å². The quantitative estimate of drug-likeness (QED) is 0.475. The lowest BCUT2D eigenvalue weighted by Gasteiger charge is -2.26. The van der Waals surface area contributed by atoms with Crippen LogP contribution < -0.4 is 10.2 Å². The van der Waals surface area contributed by atoms with Crippen LogP contribution in [0.5, 0.6) is 0 Å². The average Bonchev–Trinajstić information content (AvgIpc) is 2.54. The number of hydrogen-bond donors (Lipinski definition) is 4. The van der Waals surface area contributed by atoms with Gasteiger partial charge in [-0.3, -0.25) is 4.79 Å². The first-order valence-corrected chi connectivity index (χ1v) is 9.33. The smallest absolute Gasteiger partial charge is 0.407 e. The molecule has 0 spiro atoms. The molecule has 4 N–H and O–H groups in total. The van der Waals surface area contributed by atoms with Gasteiger partial charge in [0.15, 0.2) is 0 Å². The molecule has 0 aromatic heterocycles. The van der Waals surface area contributed by atoms with Gasteiger partial charge in [0, 0.05) is 24.8 Å². The second-order valence-electron chi connectivity index (χ2n) is 7.69. The maximum absolute atomic E-state index is 12.1. The van der Waals surface area contributed by atoms with Crippen LogP contribution in [0.25, 0.3) is 0 Å². The first kappa shape index (κ1) is 23.7. The Balaban J connectivity index is 3.01. The summed E-state index contributed by atoms with van der Waals surface area (Å²) in [5.41, 5.74) is 1.97. The SMILES string of the molecule is Cc1ccc(N(CCO)CCO)cc1C[C@@H](CC(=O)O)NC(=O)OC(C)(C)C. The van der Waals surface area contributed by atoms with Crippen molar-refractivity contribution in [3.05, 3.63) is 29.3 Å². The van der Waals surface area contributed by atoms with E-state index in [2.05, 4.69) is 5.32 Å². The molecule has 0 radical (unpaired) electrons. The van der Waals surface area contributed by atoms with E-state index in [4.69, 9.17) is 4.74 Å². The van der Waals surface area contributed by atoms with E-state index in [-0.39, 0.29) is 19.6 Å². The Morgan fingerprint density at radius 3 is 2.29 bits per heavy atom. The van der Waals surface area contributed by atoms with Gasteiger partial charge in [-0.25, -0.2) is 4.79 Å². The summed E-state index contributed by atoms with van der Waals surface area (Å²) >= 11 is 0. The first-order chi connectivity index (χ1) is 13.1. The summed E-state index contributed by atoms with van der Waals surface area (Å²) in [6, 6.07) is 5.05. The van der Waals surface area contributed by atoms with Crippen LogP contribution in [-0.2, 0) is 16.0 Å². The maximum Gasteiger partial charge on any atom is 0.407 e. The van der Waals surface area contributed by atoms with Crippen LogP contribution in [0.15, 0.2) is 18.2 Å². The topological polar surface area (TPSA) is 119 Å². The van der Waals surface area contributed by atoms with Crippen LogP contribution in [0, 0.1) is 6.92 Å². The number of rotatable bonds is 10. The van der Waals surface area contributed by atoms with Crippen LogP contribution in [0.1, 0.15) is 38.3 Å². The molecule has 1 rings (SSSR count). The third-order valence-electron chi connectivity index (χ3n) is 4.05. The molecule has 0 unspecified atom stereocenters. The minimum atomic E-state index is -1.02. The lowest BCUT2D eigenvalue weighted by Crippen LogP contribution is -2.41. The standard InChI is InChI=1S/C20H32N2O6/c1-14-5-6-17(22(7-9-23)8-10-24)12-15(14)11-16(13-18(25)26)21-19(27)28-20(2,3)4/h5-6,12,16,23-24H,7-11,13H2,1-4H3,(H,21,27)(H,25,26)/t16-/m0/s1. The van der Waals surface area contributed by atoms with Gasteiger partial charge in [-0.1, -0.05) is 6.07 Å². The number of aryl methyl sites for hydroxylation is 1. The van der Waals surface area contributed by atoms with E-state index >= 15 is 0 Å². The van der Waals surface area contributed by atoms with Crippen LogP contribution >= 0.6 is 0 Å². The number of amides is 1. The number of alkyl carbamates (subject to hydrolysis) is 1. The van der Waals surface area contributed by atoms with E-state index in [0.29, 0.717) is 19.5 Å². The van der Waals surface area contributed by atoms with Gasteiger partial charge >= 0.3 is 12.1 Å². The van der Waals surface area contributed by atoms with Gasteiger partial charge in [-0.2, -0.15) is 0 Å². The molecule has 0 aliphatic rings. The molecule has 8 heteroatoms. The Kier molecular flexibility index (Phi) is 9.21. The zero-order valence-corrected chi connectivity index (χ0v) is 17.1. The molecule has 28 heavy (non-hydrogen) atoms. The third-order valence-corrected chi connectivity index (χ3v) is 4.05. The van der Waals surface area contributed by atoms with Gasteiger partial charge in [0.2, 0.25) is 0 Å². The molecule has 1 aromatic carbocycles. The number of carboxylic acids is 1. The Hall–Kier alpha value is -2.32. The molecule has 0 fully saturated rings. The summed E-state index contributed by atoms with van der Waals surface area (Å²) in [5, 5.41) is 30.3. The Morgan fingerprint density at radius 1 is 1.18 bits per heavy atom. The molecule has 0 heterocycles. The highest BCUT2D eigenvalue weighted by Gasteiger charge is 2.22. The van der Waals surface area contributed by atoms with Crippen LogP contribution in [0.2, 0.25) is 0 Å². The van der Waals surface area contributed by atoms with Crippen LogP contribution in [-0.4, -0.2) is 65.3 Å². The highest BCUT2D eigenvalue weighted by molar-refractivity contribution is 5.71. The summed E-state index contributed by atoms with van der Waals surface area (Å²) < 4.78 is 5.24. The monoisotopic (exact) mass is 396 g/mol. The van der Waals surface area contributed by atoms with Crippen molar-refractivity contribution in [2.24, 2.45) is 0 Å². The number of benzene rings is 1. The van der Waals surface area contributed by atoms with E-state index in [1.54, 1.807) is 20.8 Å². The highest BCUT2D eigenvalue weighted by atomic mass is 16.6. The normalized spacial score (nSPS) is 12.4. The summed E-state index contributed by atoms with van der Waals surface area (Å²) in [4.78, 5) is 25.2. The molecule has 0 saturated carbocycles. The zero-order valence-electron chi connectivity index (χ0n) is 17.1. The number of anilines is 1. The van der Waals surface area contributed by atoms with Crippen molar-refractivity contribution in [3.63, 3.8) is 0 Å². The van der Waals surface area contributed by atoms with Gasteiger partial charge in [0.05, 0.1) is 19.6 Å². The van der Waals surface area contributed by atoms with Gasteiger partial charge in [0.1, 0.15) is 5.60 Å². The Labute approximate surface area is 166 Å². The number of hydrogen-bond acceptors (Lipinski definition) is 6. The number of aliphatic hydroxyl groups excluding tert-OH is 2. The molecule has 0 bridgehead atoms. The number of nitrogens with zero attached hydrogens (tertiary/aromatic N) is 1. The predicted octanol–water partition coefficient (Wildman–Crippen LogP) is 1.70. The maximum atomic E-state index is 12.1. The molecular formula is C20H32N2O6. The number of carbonyl (C=O) groups excluding carboxylic acids is 1. The third kappa shape index (κ3) is 8.58. The second kappa shape index (κ2) is 10.9. The molecule has 158 valence electrons. The molecule has 0 aliphatic carbocycles. The van der Waals surface area contributed by atoms with E-state index in [0.717, 1.165) is 16.8 Å². The van der Waals surface area contributed by atoms with E-state index in [9.17, 15) is 24.9 Å². The number of ether oxygens (including phenoxy) is 1. The van der Waals surface area contributed by atoms with E-state index < -0.39 is 23.7 Å². The first-order valence-electron chi connectivity index (χ1n) is 9.33. The summed E-state index contributed by atoms with van der Waals surface area (Å²) in [6.07, 6.45) is -0.577. The lowest BCUT2D eigenvalue weighted by atomic mass is 9.98. The van der Waals surface area contributed by atoms with Crippen molar-refractivity contribution in [2.75, 3.05) is 31.2 Å². The van der Waals surface area contributed by atoms with Crippen molar-refractivity contribution in [2.45, 2.75) is 52.2 Å². The van der Waals surface area contributed by atoms with Crippen molar-refractivity contribution in [1.82, 2.24) is 5.32 Å². The minimum absolute atomic E-state index is 0.0505. The Bertz CT molecular complexity index is 651. The van der Waals surface area contributed by atoms with Crippen molar-refractivity contribution in [3.8, 4) is 0 Å². The Morgan fingerprint density at radius 2 is 1.79 bits per heavy atom. The molecule has 0 saturated heterocycles. The lowest BCUT2D eigenvalue weighted by molar-refractivity contribution is -0.137. The van der Waals surface area contributed by atoms with Crippen molar-refractivity contribution < 1.29 is 29.6 Å². The molecule has 1 aromatic rings. The number of carboxylic acid groups (broad SMARTS) is 1. The highest BCUT2D eigenvalue weighted by Crippen LogP contribution is 2.21. The van der Waals surface area contributed by atoms with E-state index in [1.165, 1.54) is 0 Å². The molecular weight excluding hydrogens is 364 g/mol. The second-order valence-corrected chi connectivity index (χ2v) is 7.69. The number of nitrogens with one attached hydrogen (secondary N) is 1. The minimum Gasteiger partial charge on any atom is -0.481 e. The average molecular weight is 396 g/mol.